The molecule has 0 aliphatic heterocycles. The molecule has 5 nitrogen and oxygen atoms in total. The van der Waals surface area contributed by atoms with E-state index < -0.39 is 16.0 Å². The molecule has 1 N–H and O–H groups in total. The van der Waals surface area contributed by atoms with Gasteiger partial charge >= 0.3 is 5.97 Å². The van der Waals surface area contributed by atoms with Crippen LogP contribution in [0.4, 0.5) is 5.69 Å². The summed E-state index contributed by atoms with van der Waals surface area (Å²) in [5, 5.41) is 1.56. The Labute approximate surface area is 140 Å². The molecule has 0 aliphatic carbocycles. The predicted octanol–water partition coefficient (Wildman–Crippen LogP) is 3.85. The van der Waals surface area contributed by atoms with Gasteiger partial charge in [-0.05, 0) is 35.4 Å². The zero-order valence-electron chi connectivity index (χ0n) is 13.2. The Morgan fingerprint density at radius 3 is 2.65 bits per heavy atom. The van der Waals surface area contributed by atoms with Gasteiger partial charge in [0.25, 0.3) is 10.0 Å². The van der Waals surface area contributed by atoms with Gasteiger partial charge in [-0.3, -0.25) is 4.72 Å². The molecule has 0 radical (unpaired) electrons. The highest BCUT2D eigenvalue weighted by Gasteiger charge is 2.25. The van der Waals surface area contributed by atoms with Gasteiger partial charge in [-0.2, -0.15) is 0 Å². The number of methoxy groups -OCH3 is 1. The van der Waals surface area contributed by atoms with Crippen LogP contribution in [0.2, 0.25) is 0 Å². The first-order valence-electron chi connectivity index (χ1n) is 7.18. The average Bonchev–Trinajstić information content (AvgIpc) is 3.04. The largest absolute Gasteiger partial charge is 0.465 e. The smallest absolute Gasteiger partial charge is 0.349 e. The summed E-state index contributed by atoms with van der Waals surface area (Å²) >= 11 is 1.04. The van der Waals surface area contributed by atoms with Crippen LogP contribution >= 0.6 is 11.3 Å². The van der Waals surface area contributed by atoms with Crippen LogP contribution in [0.5, 0.6) is 0 Å². The van der Waals surface area contributed by atoms with Crippen molar-refractivity contribution in [2.75, 3.05) is 11.8 Å². The van der Waals surface area contributed by atoms with Crippen molar-refractivity contribution in [3.05, 3.63) is 46.2 Å². The minimum Gasteiger partial charge on any atom is -0.465 e. The fraction of sp³-hybridized carbons (Fsp3) is 0.312. The highest BCUT2D eigenvalue weighted by Crippen LogP contribution is 2.30. The second-order valence-electron chi connectivity index (χ2n) is 5.11. The number of para-hydroxylation sites is 1. The maximum atomic E-state index is 12.7. The molecule has 0 bridgehead atoms. The normalized spacial score (nSPS) is 12.7. The summed E-state index contributed by atoms with van der Waals surface area (Å²) < 4.78 is 32.5. The second kappa shape index (κ2) is 7.14. The van der Waals surface area contributed by atoms with Crippen molar-refractivity contribution in [3.63, 3.8) is 0 Å². The number of anilines is 1. The van der Waals surface area contributed by atoms with E-state index in [1.165, 1.54) is 13.2 Å². The molecule has 0 spiro atoms. The monoisotopic (exact) mass is 353 g/mol. The van der Waals surface area contributed by atoms with Gasteiger partial charge in [-0.25, -0.2) is 13.2 Å². The molecule has 1 aromatic heterocycles. The summed E-state index contributed by atoms with van der Waals surface area (Å²) in [4.78, 5) is 11.7. The lowest BCUT2D eigenvalue weighted by Crippen LogP contribution is -2.17. The molecule has 1 atom stereocenters. The molecular formula is C16H19NO4S2. The SMILES string of the molecule is CCC(C)c1ccccc1NS(=O)(=O)c1ccsc1C(=O)OC. The summed E-state index contributed by atoms with van der Waals surface area (Å²) in [6.45, 7) is 4.09. The number of thiophene rings is 1. The minimum atomic E-state index is -3.86. The molecule has 7 heteroatoms. The number of carbonyl (C=O) groups excluding carboxylic acids is 1. The second-order valence-corrected chi connectivity index (χ2v) is 7.67. The molecule has 0 fully saturated rings. The number of rotatable bonds is 6. The number of ether oxygens (including phenoxy) is 1. The van der Waals surface area contributed by atoms with Gasteiger partial charge in [-0.1, -0.05) is 32.0 Å². The first-order chi connectivity index (χ1) is 10.9. The van der Waals surface area contributed by atoms with Gasteiger partial charge in [0.1, 0.15) is 9.77 Å². The number of nitrogens with one attached hydrogen (secondary N) is 1. The Balaban J connectivity index is 2.41. The van der Waals surface area contributed by atoms with E-state index in [1.807, 2.05) is 26.0 Å². The first-order valence-corrected chi connectivity index (χ1v) is 9.54. The van der Waals surface area contributed by atoms with E-state index >= 15 is 0 Å². The fourth-order valence-corrected chi connectivity index (χ4v) is 4.61. The molecule has 1 heterocycles. The molecule has 0 aliphatic rings. The lowest BCUT2D eigenvalue weighted by Gasteiger charge is -2.16. The number of sulfonamides is 1. The highest BCUT2D eigenvalue weighted by molar-refractivity contribution is 7.93. The van der Waals surface area contributed by atoms with Gasteiger partial charge < -0.3 is 4.74 Å². The third-order valence-corrected chi connectivity index (χ3v) is 6.07. The average molecular weight is 353 g/mol. The maximum absolute atomic E-state index is 12.7. The van der Waals surface area contributed by atoms with Gasteiger partial charge in [-0.15, -0.1) is 11.3 Å². The third kappa shape index (κ3) is 3.73. The Hall–Kier alpha value is -1.86. The Morgan fingerprint density at radius 1 is 1.30 bits per heavy atom. The van der Waals surface area contributed by atoms with Crippen LogP contribution in [0.1, 0.15) is 41.4 Å². The molecule has 124 valence electrons. The van der Waals surface area contributed by atoms with Crippen LogP contribution in [-0.2, 0) is 14.8 Å². The predicted molar refractivity (Wildman–Crippen MR) is 91.6 cm³/mol. The number of hydrogen-bond donors (Lipinski definition) is 1. The first kappa shape index (κ1) is 17.5. The van der Waals surface area contributed by atoms with Crippen molar-refractivity contribution in [2.24, 2.45) is 0 Å². The van der Waals surface area contributed by atoms with Crippen molar-refractivity contribution in [2.45, 2.75) is 31.1 Å². The van der Waals surface area contributed by atoms with E-state index in [4.69, 9.17) is 0 Å². The standard InChI is InChI=1S/C16H19NO4S2/c1-4-11(2)12-7-5-6-8-13(12)17-23(19,20)14-9-10-22-15(14)16(18)21-3/h5-11,17H,4H2,1-3H3. The van der Waals surface area contributed by atoms with Gasteiger partial charge in [0.2, 0.25) is 0 Å². The van der Waals surface area contributed by atoms with Gasteiger partial charge in [0, 0.05) is 0 Å². The minimum absolute atomic E-state index is 0.0618. The maximum Gasteiger partial charge on any atom is 0.349 e. The third-order valence-electron chi connectivity index (χ3n) is 3.64. The highest BCUT2D eigenvalue weighted by atomic mass is 32.2. The number of esters is 1. The zero-order valence-corrected chi connectivity index (χ0v) is 14.8. The molecule has 1 aromatic carbocycles. The van der Waals surface area contributed by atoms with Gasteiger partial charge in [0.05, 0.1) is 12.8 Å². The van der Waals surface area contributed by atoms with Crippen molar-refractivity contribution in [1.82, 2.24) is 0 Å². The molecule has 2 aromatic rings. The lowest BCUT2D eigenvalue weighted by atomic mass is 9.97. The summed E-state index contributed by atoms with van der Waals surface area (Å²) in [7, 11) is -2.63. The zero-order chi connectivity index (χ0) is 17.0. The molecule has 0 saturated carbocycles. The van der Waals surface area contributed by atoms with Crippen LogP contribution < -0.4 is 4.72 Å². The van der Waals surface area contributed by atoms with E-state index in [1.54, 1.807) is 17.5 Å². The van der Waals surface area contributed by atoms with Crippen molar-refractivity contribution in [3.8, 4) is 0 Å². The van der Waals surface area contributed by atoms with Crippen molar-refractivity contribution in [1.29, 1.82) is 0 Å². The quantitative estimate of drug-likeness (QED) is 0.801. The van der Waals surface area contributed by atoms with Crippen molar-refractivity contribution < 1.29 is 17.9 Å². The van der Waals surface area contributed by atoms with E-state index in [2.05, 4.69) is 9.46 Å². The van der Waals surface area contributed by atoms with E-state index in [0.29, 0.717) is 5.69 Å². The van der Waals surface area contributed by atoms with E-state index in [0.717, 1.165) is 23.3 Å². The number of benzene rings is 1. The summed E-state index contributed by atoms with van der Waals surface area (Å²) in [5.41, 5.74) is 1.46. The summed E-state index contributed by atoms with van der Waals surface area (Å²) in [6.07, 6.45) is 0.893. The van der Waals surface area contributed by atoms with Crippen molar-refractivity contribution >= 4 is 33.0 Å². The number of hydrogen-bond acceptors (Lipinski definition) is 5. The van der Waals surface area contributed by atoms with Crippen LogP contribution in [0.15, 0.2) is 40.6 Å². The molecule has 23 heavy (non-hydrogen) atoms. The molecule has 0 saturated heterocycles. The molecule has 2 rings (SSSR count). The molecule has 0 amide bonds. The Kier molecular flexibility index (Phi) is 5.43. The Morgan fingerprint density at radius 2 is 2.00 bits per heavy atom. The summed E-state index contributed by atoms with van der Waals surface area (Å²) in [6, 6.07) is 8.69. The van der Waals surface area contributed by atoms with E-state index in [9.17, 15) is 13.2 Å². The van der Waals surface area contributed by atoms with Crippen LogP contribution in [0.3, 0.4) is 0 Å². The molecule has 1 unspecified atom stereocenters. The summed E-state index contributed by atoms with van der Waals surface area (Å²) in [5.74, 6) is -0.438. The Bertz CT molecular complexity index is 796. The van der Waals surface area contributed by atoms with E-state index in [-0.39, 0.29) is 15.7 Å². The molecular weight excluding hydrogens is 334 g/mol. The number of carbonyl (C=O) groups is 1. The topological polar surface area (TPSA) is 72.5 Å². The van der Waals surface area contributed by atoms with Crippen LogP contribution in [0.25, 0.3) is 0 Å². The van der Waals surface area contributed by atoms with Crippen LogP contribution in [-0.4, -0.2) is 21.5 Å². The van der Waals surface area contributed by atoms with Gasteiger partial charge in [0.15, 0.2) is 0 Å². The fourth-order valence-electron chi connectivity index (χ4n) is 2.19. The van der Waals surface area contributed by atoms with Crippen LogP contribution in [0, 0.1) is 0 Å². The lowest BCUT2D eigenvalue weighted by molar-refractivity contribution is 0.0602.